The van der Waals surface area contributed by atoms with Gasteiger partial charge in [-0.2, -0.15) is 0 Å². The molecule has 0 radical (unpaired) electrons. The number of carbonyl (C=O) groups excluding carboxylic acids is 2. The van der Waals surface area contributed by atoms with Crippen LogP contribution in [0.5, 0.6) is 0 Å². The van der Waals surface area contributed by atoms with Crippen molar-refractivity contribution in [2.45, 2.75) is 32.8 Å². The van der Waals surface area contributed by atoms with Gasteiger partial charge in [-0.25, -0.2) is 14.5 Å². The number of nitrogens with zero attached hydrogens (tertiary/aromatic N) is 2. The van der Waals surface area contributed by atoms with Gasteiger partial charge < -0.3 is 9.47 Å². The van der Waals surface area contributed by atoms with Crippen molar-refractivity contribution >= 4 is 11.9 Å². The van der Waals surface area contributed by atoms with E-state index in [-0.39, 0.29) is 23.6 Å². The van der Waals surface area contributed by atoms with E-state index in [1.54, 1.807) is 7.11 Å². The molecule has 0 spiro atoms. The number of esters is 1. The molecule has 2 atom stereocenters. The predicted octanol–water partition coefficient (Wildman–Crippen LogP) is 1.19. The lowest BCUT2D eigenvalue weighted by Crippen LogP contribution is -2.37. The summed E-state index contributed by atoms with van der Waals surface area (Å²) in [5.74, 6) is -1.07. The number of amides is 1. The zero-order chi connectivity index (χ0) is 15.1. The highest BCUT2D eigenvalue weighted by Crippen LogP contribution is 2.16. The fourth-order valence-electron chi connectivity index (χ4n) is 2.07. The first kappa shape index (κ1) is 16.2. The molecule has 1 amide bonds. The quantitative estimate of drug-likeness (QED) is 0.760. The van der Waals surface area contributed by atoms with Crippen molar-refractivity contribution < 1.29 is 19.1 Å². The highest BCUT2D eigenvalue weighted by Gasteiger charge is 2.26. The number of rotatable bonds is 7. The van der Waals surface area contributed by atoms with Crippen LogP contribution in [0.3, 0.4) is 0 Å². The third-order valence-electron chi connectivity index (χ3n) is 3.19. The van der Waals surface area contributed by atoms with E-state index in [4.69, 9.17) is 4.74 Å². The van der Waals surface area contributed by atoms with Crippen LogP contribution in [0.1, 0.15) is 37.2 Å². The molecule has 0 aliphatic heterocycles. The molecular weight excluding hydrogens is 262 g/mol. The second kappa shape index (κ2) is 7.64. The zero-order valence-electron chi connectivity index (χ0n) is 12.3. The molecule has 0 fully saturated rings. The minimum Gasteiger partial charge on any atom is -0.464 e. The van der Waals surface area contributed by atoms with Crippen LogP contribution in [0.25, 0.3) is 0 Å². The molecule has 7 nitrogen and oxygen atoms in total. The summed E-state index contributed by atoms with van der Waals surface area (Å²) in [6, 6.07) is 0. The average molecular weight is 283 g/mol. The maximum atomic E-state index is 12.3. The molecule has 112 valence electrons. The van der Waals surface area contributed by atoms with Crippen molar-refractivity contribution in [1.82, 2.24) is 9.66 Å². The van der Waals surface area contributed by atoms with Gasteiger partial charge in [0.1, 0.15) is 6.33 Å². The highest BCUT2D eigenvalue weighted by molar-refractivity contribution is 5.90. The van der Waals surface area contributed by atoms with Gasteiger partial charge in [0.2, 0.25) is 5.91 Å². The number of methoxy groups -OCH3 is 2. The minimum atomic E-state index is -0.561. The van der Waals surface area contributed by atoms with Crippen LogP contribution in [0, 0.1) is 5.92 Å². The van der Waals surface area contributed by atoms with Crippen LogP contribution >= 0.6 is 0 Å². The average Bonchev–Trinajstić information content (AvgIpc) is 2.91. The van der Waals surface area contributed by atoms with Gasteiger partial charge in [-0.05, 0) is 12.8 Å². The fraction of sp³-hybridized carbons (Fsp3) is 0.615. The Bertz CT molecular complexity index is 454. The first-order valence-corrected chi connectivity index (χ1v) is 6.53. The molecule has 7 heteroatoms. The number of nitrogens with one attached hydrogen (secondary N) is 1. The second-order valence-corrected chi connectivity index (χ2v) is 4.31. The summed E-state index contributed by atoms with van der Waals surface area (Å²) in [7, 11) is 2.86. The van der Waals surface area contributed by atoms with E-state index in [2.05, 4.69) is 15.1 Å². The molecule has 0 bridgehead atoms. The van der Waals surface area contributed by atoms with E-state index in [0.29, 0.717) is 6.42 Å². The fourth-order valence-corrected chi connectivity index (χ4v) is 2.07. The molecule has 1 N–H and O–H groups in total. The molecule has 1 heterocycles. The Balaban J connectivity index is 2.84. The summed E-state index contributed by atoms with van der Waals surface area (Å²) in [5, 5.41) is 0. The SMILES string of the molecule is CCC(OC)C(CC)C(=O)Nn1cncc1C(=O)OC. The standard InChI is InChI=1S/C13H21N3O4/c1-5-9(11(6-2)19-3)12(17)15-16-8-14-7-10(16)13(18)20-4/h7-9,11H,5-6H2,1-4H3,(H,15,17). The van der Waals surface area contributed by atoms with Gasteiger partial charge in [-0.3, -0.25) is 10.2 Å². The number of aromatic nitrogens is 2. The molecule has 0 saturated carbocycles. The molecule has 1 aromatic heterocycles. The lowest BCUT2D eigenvalue weighted by Gasteiger charge is -2.23. The Morgan fingerprint density at radius 1 is 1.35 bits per heavy atom. The molecule has 2 unspecified atom stereocenters. The van der Waals surface area contributed by atoms with Crippen LogP contribution < -0.4 is 5.43 Å². The molecule has 1 aromatic rings. The molecule has 0 aliphatic rings. The molecule has 20 heavy (non-hydrogen) atoms. The van der Waals surface area contributed by atoms with E-state index in [1.165, 1.54) is 24.3 Å². The topological polar surface area (TPSA) is 82.5 Å². The van der Waals surface area contributed by atoms with Crippen molar-refractivity contribution in [1.29, 1.82) is 0 Å². The third-order valence-corrected chi connectivity index (χ3v) is 3.19. The summed E-state index contributed by atoms with van der Waals surface area (Å²) < 4.78 is 11.2. The zero-order valence-corrected chi connectivity index (χ0v) is 12.3. The number of hydrogen-bond acceptors (Lipinski definition) is 5. The largest absolute Gasteiger partial charge is 0.464 e. The van der Waals surface area contributed by atoms with Crippen molar-refractivity contribution in [3.63, 3.8) is 0 Å². The Labute approximate surface area is 118 Å². The normalized spacial score (nSPS) is 13.6. The lowest BCUT2D eigenvalue weighted by atomic mass is 9.96. The number of carbonyl (C=O) groups is 2. The maximum absolute atomic E-state index is 12.3. The maximum Gasteiger partial charge on any atom is 0.358 e. The highest BCUT2D eigenvalue weighted by atomic mass is 16.5. The Kier molecular flexibility index (Phi) is 6.17. The van der Waals surface area contributed by atoms with Crippen molar-refractivity contribution in [3.8, 4) is 0 Å². The molecule has 0 aliphatic carbocycles. The van der Waals surface area contributed by atoms with Crippen LogP contribution in [0.15, 0.2) is 12.5 Å². The summed E-state index contributed by atoms with van der Waals surface area (Å²) in [5.41, 5.74) is 2.81. The van der Waals surface area contributed by atoms with Gasteiger partial charge in [-0.1, -0.05) is 13.8 Å². The van der Waals surface area contributed by atoms with Gasteiger partial charge >= 0.3 is 5.97 Å². The van der Waals surface area contributed by atoms with Gasteiger partial charge in [0.05, 0.1) is 25.3 Å². The summed E-state index contributed by atoms with van der Waals surface area (Å²) in [4.78, 5) is 27.6. The second-order valence-electron chi connectivity index (χ2n) is 4.31. The van der Waals surface area contributed by atoms with Crippen molar-refractivity contribution in [2.75, 3.05) is 19.6 Å². The van der Waals surface area contributed by atoms with E-state index in [9.17, 15) is 9.59 Å². The number of imidazole rings is 1. The third kappa shape index (κ3) is 3.57. The van der Waals surface area contributed by atoms with E-state index in [1.807, 2.05) is 13.8 Å². The summed E-state index contributed by atoms with van der Waals surface area (Å²) >= 11 is 0. The Morgan fingerprint density at radius 3 is 2.55 bits per heavy atom. The van der Waals surface area contributed by atoms with E-state index < -0.39 is 5.97 Å². The summed E-state index contributed by atoms with van der Waals surface area (Å²) in [6.07, 6.45) is 3.90. The molecular formula is C13H21N3O4. The predicted molar refractivity (Wildman–Crippen MR) is 72.8 cm³/mol. The summed E-state index contributed by atoms with van der Waals surface area (Å²) in [6.45, 7) is 3.88. The number of hydrogen-bond donors (Lipinski definition) is 1. The number of ether oxygens (including phenoxy) is 2. The monoisotopic (exact) mass is 283 g/mol. The van der Waals surface area contributed by atoms with Gasteiger partial charge in [-0.15, -0.1) is 0 Å². The first-order chi connectivity index (χ1) is 9.58. The van der Waals surface area contributed by atoms with Gasteiger partial charge in [0, 0.05) is 7.11 Å². The Morgan fingerprint density at radius 2 is 2.05 bits per heavy atom. The van der Waals surface area contributed by atoms with Gasteiger partial charge in [0.25, 0.3) is 0 Å². The van der Waals surface area contributed by atoms with E-state index in [0.717, 1.165) is 6.42 Å². The molecule has 1 rings (SSSR count). The Hall–Kier alpha value is -1.89. The lowest BCUT2D eigenvalue weighted by molar-refractivity contribution is -0.125. The van der Waals surface area contributed by atoms with Gasteiger partial charge in [0.15, 0.2) is 5.69 Å². The van der Waals surface area contributed by atoms with E-state index >= 15 is 0 Å². The smallest absolute Gasteiger partial charge is 0.358 e. The van der Waals surface area contributed by atoms with Crippen molar-refractivity contribution in [3.05, 3.63) is 18.2 Å². The molecule has 0 aromatic carbocycles. The van der Waals surface area contributed by atoms with Crippen LogP contribution in [0.2, 0.25) is 0 Å². The molecule has 0 saturated heterocycles. The minimum absolute atomic E-state index is 0.162. The van der Waals surface area contributed by atoms with Crippen molar-refractivity contribution in [2.24, 2.45) is 5.92 Å². The van der Waals surface area contributed by atoms with Crippen LogP contribution in [-0.2, 0) is 14.3 Å². The van der Waals surface area contributed by atoms with Crippen LogP contribution in [-0.4, -0.2) is 41.9 Å². The first-order valence-electron chi connectivity index (χ1n) is 6.53. The van der Waals surface area contributed by atoms with Crippen LogP contribution in [0.4, 0.5) is 0 Å².